The molecule has 5 rings (SSSR count). The first-order chi connectivity index (χ1) is 16.7. The molecule has 1 saturated carbocycles. The van der Waals surface area contributed by atoms with Crippen LogP contribution in [0, 0.1) is 5.92 Å². The minimum Gasteiger partial charge on any atom is -0.493 e. The van der Waals surface area contributed by atoms with Gasteiger partial charge in [-0.1, -0.05) is 12.1 Å². The summed E-state index contributed by atoms with van der Waals surface area (Å²) in [6.07, 6.45) is -1.28. The fourth-order valence-electron chi connectivity index (χ4n) is 3.99. The van der Waals surface area contributed by atoms with E-state index in [4.69, 9.17) is 9.47 Å². The van der Waals surface area contributed by atoms with Gasteiger partial charge in [0.2, 0.25) is 5.43 Å². The van der Waals surface area contributed by atoms with Crippen LogP contribution in [-0.4, -0.2) is 33.7 Å². The van der Waals surface area contributed by atoms with Gasteiger partial charge in [0.05, 0.1) is 41.9 Å². The van der Waals surface area contributed by atoms with E-state index in [0.29, 0.717) is 28.2 Å². The van der Waals surface area contributed by atoms with Crippen molar-refractivity contribution < 1.29 is 27.4 Å². The molecule has 0 atom stereocenters. The van der Waals surface area contributed by atoms with E-state index in [1.54, 1.807) is 35.8 Å². The summed E-state index contributed by atoms with van der Waals surface area (Å²) >= 11 is 0. The number of ether oxygens (including phenoxy) is 2. The van der Waals surface area contributed by atoms with Gasteiger partial charge in [0.1, 0.15) is 17.1 Å². The number of aromatic amines is 1. The first-order valence-electron chi connectivity index (χ1n) is 11.3. The number of halogens is 3. The van der Waals surface area contributed by atoms with E-state index in [1.807, 2.05) is 0 Å². The lowest BCUT2D eigenvalue weighted by Gasteiger charge is -2.13. The summed E-state index contributed by atoms with van der Waals surface area (Å²) in [6.45, 7) is 2.08. The number of H-pyrrole nitrogens is 1. The molecule has 0 unspecified atom stereocenters. The van der Waals surface area contributed by atoms with Crippen LogP contribution in [0.3, 0.4) is 0 Å². The number of fused-ring (bicyclic) bond motifs is 2. The molecule has 35 heavy (non-hydrogen) atoms. The molecule has 1 fully saturated rings. The number of hydrogen-bond acceptors (Lipinski definition) is 5. The summed E-state index contributed by atoms with van der Waals surface area (Å²) in [5.41, 5.74) is -0.351. The van der Waals surface area contributed by atoms with Crippen LogP contribution in [0.2, 0.25) is 0 Å². The second kappa shape index (κ2) is 8.75. The first-order valence-corrected chi connectivity index (χ1v) is 11.3. The van der Waals surface area contributed by atoms with Gasteiger partial charge < -0.3 is 19.0 Å². The molecular weight excluding hydrogens is 463 g/mol. The van der Waals surface area contributed by atoms with Crippen molar-refractivity contribution in [2.45, 2.75) is 32.5 Å². The highest BCUT2D eigenvalue weighted by atomic mass is 19.4. The van der Waals surface area contributed by atoms with Crippen molar-refractivity contribution in [1.82, 2.24) is 14.5 Å². The fourth-order valence-corrected chi connectivity index (χ4v) is 3.99. The van der Waals surface area contributed by atoms with Crippen LogP contribution in [0.4, 0.5) is 13.2 Å². The van der Waals surface area contributed by atoms with Crippen LogP contribution in [0.15, 0.2) is 47.4 Å². The van der Waals surface area contributed by atoms with Gasteiger partial charge in [-0.2, -0.15) is 13.2 Å². The monoisotopic (exact) mass is 485 g/mol. The van der Waals surface area contributed by atoms with Crippen LogP contribution in [0.1, 0.15) is 41.5 Å². The number of alkyl halides is 3. The Morgan fingerprint density at radius 1 is 1.23 bits per heavy atom. The number of benzene rings is 2. The molecule has 2 aromatic heterocycles. The smallest absolute Gasteiger partial charge is 0.420 e. The van der Waals surface area contributed by atoms with Gasteiger partial charge in [-0.05, 0) is 43.9 Å². The number of rotatable bonds is 7. The molecule has 0 saturated heterocycles. The number of nitrogens with one attached hydrogen (secondary N) is 1. The van der Waals surface area contributed by atoms with Crippen LogP contribution in [-0.2, 0) is 17.5 Å². The van der Waals surface area contributed by atoms with Crippen molar-refractivity contribution in [3.8, 4) is 5.75 Å². The Kier molecular flexibility index (Phi) is 5.74. The van der Waals surface area contributed by atoms with Crippen molar-refractivity contribution in [2.24, 2.45) is 5.92 Å². The Morgan fingerprint density at radius 3 is 2.71 bits per heavy atom. The Morgan fingerprint density at radius 2 is 2.00 bits per heavy atom. The number of pyridine rings is 1. The van der Waals surface area contributed by atoms with Gasteiger partial charge >= 0.3 is 12.1 Å². The zero-order valence-electron chi connectivity index (χ0n) is 18.8. The number of para-hydroxylation sites is 1. The third-order valence-corrected chi connectivity index (χ3v) is 5.91. The predicted octanol–water partition coefficient (Wildman–Crippen LogP) is 4.91. The third-order valence-electron chi connectivity index (χ3n) is 5.91. The second-order valence-corrected chi connectivity index (χ2v) is 8.54. The molecule has 4 aromatic rings. The lowest BCUT2D eigenvalue weighted by molar-refractivity contribution is -0.138. The zero-order chi connectivity index (χ0) is 24.7. The molecule has 0 amide bonds. The average molecular weight is 485 g/mol. The maximum absolute atomic E-state index is 13.7. The largest absolute Gasteiger partial charge is 0.493 e. The summed E-state index contributed by atoms with van der Waals surface area (Å²) in [7, 11) is 0. The van der Waals surface area contributed by atoms with E-state index in [1.165, 1.54) is 12.3 Å². The molecule has 0 bridgehead atoms. The first kappa shape index (κ1) is 22.9. The van der Waals surface area contributed by atoms with E-state index >= 15 is 0 Å². The highest BCUT2D eigenvalue weighted by Crippen LogP contribution is 2.39. The Bertz CT molecular complexity index is 1490. The molecule has 2 heterocycles. The van der Waals surface area contributed by atoms with E-state index in [9.17, 15) is 22.8 Å². The average Bonchev–Trinajstić information content (AvgIpc) is 3.56. The molecule has 7 nitrogen and oxygen atoms in total. The van der Waals surface area contributed by atoms with Gasteiger partial charge in [-0.25, -0.2) is 9.78 Å². The number of carbonyl (C=O) groups is 1. The maximum Gasteiger partial charge on any atom is 0.420 e. The summed E-state index contributed by atoms with van der Waals surface area (Å²) < 4.78 is 53.2. The second-order valence-electron chi connectivity index (χ2n) is 8.54. The molecule has 1 N–H and O–H groups in total. The topological polar surface area (TPSA) is 86.2 Å². The highest BCUT2D eigenvalue weighted by molar-refractivity contribution is 5.93. The molecule has 182 valence electrons. The number of carbonyl (C=O) groups excluding carboxylic acids is 1. The Hall–Kier alpha value is -3.82. The number of nitrogens with zero attached hydrogens (tertiary/aromatic N) is 2. The normalized spacial score (nSPS) is 13.9. The zero-order valence-corrected chi connectivity index (χ0v) is 18.8. The van der Waals surface area contributed by atoms with Crippen LogP contribution >= 0.6 is 0 Å². The van der Waals surface area contributed by atoms with E-state index in [2.05, 4.69) is 9.97 Å². The van der Waals surface area contributed by atoms with Crippen LogP contribution in [0.25, 0.3) is 21.9 Å². The quantitative estimate of drug-likeness (QED) is 0.376. The lowest BCUT2D eigenvalue weighted by atomic mass is 10.1. The van der Waals surface area contributed by atoms with Crippen LogP contribution < -0.4 is 10.2 Å². The van der Waals surface area contributed by atoms with Gasteiger partial charge in [0, 0.05) is 17.6 Å². The Balaban J connectivity index is 1.56. The molecule has 10 heteroatoms. The minimum absolute atomic E-state index is 0.0848. The van der Waals surface area contributed by atoms with Gasteiger partial charge in [0.25, 0.3) is 0 Å². The molecule has 0 aliphatic heterocycles. The summed E-state index contributed by atoms with van der Waals surface area (Å²) in [4.78, 5) is 32.6. The molecular formula is C25H22F3N3O4. The van der Waals surface area contributed by atoms with Crippen molar-refractivity contribution in [3.05, 3.63) is 69.8 Å². The van der Waals surface area contributed by atoms with E-state index in [-0.39, 0.29) is 36.6 Å². The molecule has 1 aliphatic carbocycles. The van der Waals surface area contributed by atoms with E-state index in [0.717, 1.165) is 18.9 Å². The molecule has 2 aromatic carbocycles. The van der Waals surface area contributed by atoms with Crippen molar-refractivity contribution >= 4 is 27.9 Å². The van der Waals surface area contributed by atoms with Crippen LogP contribution in [0.5, 0.6) is 5.75 Å². The Labute approximate surface area is 197 Å². The minimum atomic E-state index is -4.58. The summed E-state index contributed by atoms with van der Waals surface area (Å²) in [6, 6.07) is 9.07. The molecule has 0 spiro atoms. The van der Waals surface area contributed by atoms with Gasteiger partial charge in [0.15, 0.2) is 0 Å². The molecule has 0 radical (unpaired) electrons. The number of esters is 1. The SMILES string of the molecule is CCOC(=O)c1cn(Cc2nc3cc(OCC4CC4)c(C(F)(F)F)cc3[nH]2)c2ccccc2c1=O. The number of aromatic nitrogens is 3. The number of hydrogen-bond donors (Lipinski definition) is 1. The third kappa shape index (κ3) is 4.60. The predicted molar refractivity (Wildman–Crippen MR) is 123 cm³/mol. The lowest BCUT2D eigenvalue weighted by Crippen LogP contribution is -2.21. The van der Waals surface area contributed by atoms with Crippen molar-refractivity contribution in [2.75, 3.05) is 13.2 Å². The highest BCUT2D eigenvalue weighted by Gasteiger charge is 2.36. The number of imidazole rings is 1. The maximum atomic E-state index is 13.7. The summed E-state index contributed by atoms with van der Waals surface area (Å²) in [5, 5.41) is 0.323. The van der Waals surface area contributed by atoms with Gasteiger partial charge in [-0.15, -0.1) is 0 Å². The van der Waals surface area contributed by atoms with Gasteiger partial charge in [-0.3, -0.25) is 4.79 Å². The fraction of sp³-hybridized carbons (Fsp3) is 0.320. The van der Waals surface area contributed by atoms with Crippen molar-refractivity contribution in [3.63, 3.8) is 0 Å². The summed E-state index contributed by atoms with van der Waals surface area (Å²) in [5.74, 6) is -0.331. The molecule has 1 aliphatic rings. The standard InChI is InChI=1S/C25H22F3N3O4/c1-2-34-24(33)16-11-31(20-6-4-3-5-15(20)23(16)32)12-22-29-18-9-17(25(26,27)28)21(10-19(18)30-22)35-13-14-7-8-14/h3-6,9-11,14H,2,7-8,12-13H2,1H3,(H,29,30). The van der Waals surface area contributed by atoms with E-state index < -0.39 is 23.1 Å². The van der Waals surface area contributed by atoms with Crippen molar-refractivity contribution in [1.29, 1.82) is 0 Å².